The van der Waals surface area contributed by atoms with Gasteiger partial charge in [0.05, 0.1) is 0 Å². The minimum atomic E-state index is -0.285. The van der Waals surface area contributed by atoms with Crippen LogP contribution in [0.25, 0.3) is 0 Å². The van der Waals surface area contributed by atoms with Gasteiger partial charge in [0.1, 0.15) is 5.82 Å². The van der Waals surface area contributed by atoms with Gasteiger partial charge in [-0.3, -0.25) is 4.98 Å². The topological polar surface area (TPSA) is 49.0 Å². The molecule has 0 radical (unpaired) electrons. The number of H-pyrrole nitrogens is 1. The summed E-state index contributed by atoms with van der Waals surface area (Å²) in [6.07, 6.45) is 2.60. The van der Waals surface area contributed by atoms with E-state index in [2.05, 4.69) is 28.7 Å². The van der Waals surface area contributed by atoms with Gasteiger partial charge in [0.2, 0.25) is 0 Å². The van der Waals surface area contributed by atoms with E-state index in [1.807, 2.05) is 6.07 Å². The molecule has 0 aliphatic rings. The first kappa shape index (κ1) is 9.77. The van der Waals surface area contributed by atoms with Crippen LogP contribution in [0.4, 0.5) is 5.82 Å². The molecule has 0 bridgehead atoms. The van der Waals surface area contributed by atoms with Gasteiger partial charge in [0, 0.05) is 19.3 Å². The number of aromatic amines is 1. The molecule has 0 aliphatic carbocycles. The first-order valence-corrected chi connectivity index (χ1v) is 4.58. The molecule has 0 aromatic carbocycles. The SMILES string of the molecule is CCCN(CC)c1ccnc(=O)[nH]1. The molecular weight excluding hydrogens is 166 g/mol. The molecule has 0 saturated carbocycles. The third kappa shape index (κ3) is 2.57. The van der Waals surface area contributed by atoms with Crippen molar-refractivity contribution in [2.75, 3.05) is 18.0 Å². The Kier molecular flexibility index (Phi) is 3.49. The average molecular weight is 181 g/mol. The van der Waals surface area contributed by atoms with Crippen LogP contribution in [0.2, 0.25) is 0 Å². The van der Waals surface area contributed by atoms with Gasteiger partial charge < -0.3 is 4.90 Å². The van der Waals surface area contributed by atoms with Crippen LogP contribution in [0, 0.1) is 0 Å². The molecule has 0 fully saturated rings. The molecule has 1 heterocycles. The van der Waals surface area contributed by atoms with Gasteiger partial charge in [-0.1, -0.05) is 6.92 Å². The Balaban J connectivity index is 2.84. The smallest absolute Gasteiger partial charge is 0.346 e. The van der Waals surface area contributed by atoms with Gasteiger partial charge in [-0.15, -0.1) is 0 Å². The zero-order chi connectivity index (χ0) is 9.68. The Hall–Kier alpha value is -1.32. The van der Waals surface area contributed by atoms with Crippen LogP contribution in [0.5, 0.6) is 0 Å². The van der Waals surface area contributed by atoms with Crippen LogP contribution in [-0.4, -0.2) is 23.1 Å². The number of rotatable bonds is 4. The third-order valence-corrected chi connectivity index (χ3v) is 1.88. The number of aromatic nitrogens is 2. The minimum absolute atomic E-state index is 0.285. The van der Waals surface area contributed by atoms with E-state index in [1.54, 1.807) is 0 Å². The lowest BCUT2D eigenvalue weighted by atomic mass is 10.4. The van der Waals surface area contributed by atoms with E-state index in [0.717, 1.165) is 25.3 Å². The van der Waals surface area contributed by atoms with Crippen LogP contribution in [-0.2, 0) is 0 Å². The fourth-order valence-electron chi connectivity index (χ4n) is 1.26. The van der Waals surface area contributed by atoms with Crippen molar-refractivity contribution in [2.45, 2.75) is 20.3 Å². The minimum Gasteiger partial charge on any atom is -0.358 e. The van der Waals surface area contributed by atoms with E-state index < -0.39 is 0 Å². The van der Waals surface area contributed by atoms with Gasteiger partial charge in [0.15, 0.2) is 0 Å². The summed E-state index contributed by atoms with van der Waals surface area (Å²) in [5.41, 5.74) is -0.285. The molecule has 1 aromatic rings. The van der Waals surface area contributed by atoms with Crippen molar-refractivity contribution < 1.29 is 0 Å². The first-order chi connectivity index (χ1) is 6.27. The summed E-state index contributed by atoms with van der Waals surface area (Å²) >= 11 is 0. The monoisotopic (exact) mass is 181 g/mol. The molecule has 0 spiro atoms. The Bertz CT molecular complexity index is 308. The highest BCUT2D eigenvalue weighted by Gasteiger charge is 2.02. The lowest BCUT2D eigenvalue weighted by Gasteiger charge is -2.20. The summed E-state index contributed by atoms with van der Waals surface area (Å²) in [5.74, 6) is 0.851. The first-order valence-electron chi connectivity index (χ1n) is 4.58. The molecule has 0 aliphatic heterocycles. The zero-order valence-electron chi connectivity index (χ0n) is 8.08. The van der Waals surface area contributed by atoms with E-state index in [9.17, 15) is 4.79 Å². The van der Waals surface area contributed by atoms with E-state index in [-0.39, 0.29) is 5.69 Å². The molecule has 1 N–H and O–H groups in total. The Morgan fingerprint density at radius 2 is 2.31 bits per heavy atom. The number of nitrogens with one attached hydrogen (secondary N) is 1. The Morgan fingerprint density at radius 1 is 1.54 bits per heavy atom. The Morgan fingerprint density at radius 3 is 2.85 bits per heavy atom. The highest BCUT2D eigenvalue weighted by molar-refractivity contribution is 5.35. The summed E-state index contributed by atoms with van der Waals surface area (Å²) in [7, 11) is 0. The number of anilines is 1. The third-order valence-electron chi connectivity index (χ3n) is 1.88. The summed E-state index contributed by atoms with van der Waals surface area (Å²) in [5, 5.41) is 0. The van der Waals surface area contributed by atoms with Crippen molar-refractivity contribution in [3.8, 4) is 0 Å². The summed E-state index contributed by atoms with van der Waals surface area (Å²) in [6.45, 7) is 6.03. The van der Waals surface area contributed by atoms with Gasteiger partial charge >= 0.3 is 5.69 Å². The van der Waals surface area contributed by atoms with Crippen molar-refractivity contribution in [3.05, 3.63) is 22.7 Å². The molecule has 0 saturated heterocycles. The molecule has 4 nitrogen and oxygen atoms in total. The Labute approximate surface area is 77.6 Å². The predicted octanol–water partition coefficient (Wildman–Crippen LogP) is 1.01. The molecular formula is C9H15N3O. The van der Waals surface area contributed by atoms with Gasteiger partial charge in [0.25, 0.3) is 0 Å². The van der Waals surface area contributed by atoms with Crippen LogP contribution >= 0.6 is 0 Å². The van der Waals surface area contributed by atoms with Crippen molar-refractivity contribution in [1.82, 2.24) is 9.97 Å². The fraction of sp³-hybridized carbons (Fsp3) is 0.556. The van der Waals surface area contributed by atoms with Gasteiger partial charge in [-0.05, 0) is 19.4 Å². The highest BCUT2D eigenvalue weighted by Crippen LogP contribution is 2.06. The lowest BCUT2D eigenvalue weighted by molar-refractivity contribution is 0.772. The molecule has 72 valence electrons. The average Bonchev–Trinajstić information content (AvgIpc) is 2.14. The second kappa shape index (κ2) is 4.64. The maximum Gasteiger partial charge on any atom is 0.346 e. The molecule has 13 heavy (non-hydrogen) atoms. The highest BCUT2D eigenvalue weighted by atomic mass is 16.1. The molecule has 4 heteroatoms. The fourth-order valence-corrected chi connectivity index (χ4v) is 1.26. The van der Waals surface area contributed by atoms with Crippen molar-refractivity contribution in [2.24, 2.45) is 0 Å². The van der Waals surface area contributed by atoms with Gasteiger partial charge in [-0.25, -0.2) is 9.78 Å². The number of nitrogens with zero attached hydrogens (tertiary/aromatic N) is 2. The lowest BCUT2D eigenvalue weighted by Crippen LogP contribution is -2.26. The van der Waals surface area contributed by atoms with E-state index >= 15 is 0 Å². The van der Waals surface area contributed by atoms with Crippen molar-refractivity contribution in [1.29, 1.82) is 0 Å². The molecule has 0 atom stereocenters. The summed E-state index contributed by atoms with van der Waals surface area (Å²) in [6, 6.07) is 1.82. The quantitative estimate of drug-likeness (QED) is 0.754. The second-order valence-electron chi connectivity index (χ2n) is 2.84. The predicted molar refractivity (Wildman–Crippen MR) is 53.0 cm³/mol. The standard InChI is InChI=1S/C9H15N3O/c1-3-7-12(4-2)8-5-6-10-9(13)11-8/h5-6H,3-4,7H2,1-2H3,(H,10,11,13). The van der Waals surface area contributed by atoms with E-state index in [0.29, 0.717) is 0 Å². The molecule has 0 unspecified atom stereocenters. The van der Waals surface area contributed by atoms with Crippen LogP contribution in [0.1, 0.15) is 20.3 Å². The molecule has 1 aromatic heterocycles. The second-order valence-corrected chi connectivity index (χ2v) is 2.84. The van der Waals surface area contributed by atoms with Crippen LogP contribution in [0.3, 0.4) is 0 Å². The van der Waals surface area contributed by atoms with Gasteiger partial charge in [-0.2, -0.15) is 0 Å². The largest absolute Gasteiger partial charge is 0.358 e. The molecule has 1 rings (SSSR count). The summed E-state index contributed by atoms with van der Waals surface area (Å²) < 4.78 is 0. The summed E-state index contributed by atoms with van der Waals surface area (Å²) in [4.78, 5) is 19.3. The maximum absolute atomic E-state index is 10.9. The van der Waals surface area contributed by atoms with E-state index in [4.69, 9.17) is 0 Å². The maximum atomic E-state index is 10.9. The van der Waals surface area contributed by atoms with Crippen molar-refractivity contribution in [3.63, 3.8) is 0 Å². The molecule has 0 amide bonds. The number of hydrogen-bond acceptors (Lipinski definition) is 3. The van der Waals surface area contributed by atoms with Crippen LogP contribution in [0.15, 0.2) is 17.1 Å². The number of hydrogen-bond donors (Lipinski definition) is 1. The zero-order valence-corrected chi connectivity index (χ0v) is 8.08. The van der Waals surface area contributed by atoms with Crippen LogP contribution < -0.4 is 10.6 Å². The normalized spacial score (nSPS) is 10.0. The van der Waals surface area contributed by atoms with E-state index in [1.165, 1.54) is 6.20 Å². The van der Waals surface area contributed by atoms with Crippen molar-refractivity contribution >= 4 is 5.82 Å².